The van der Waals surface area contributed by atoms with Gasteiger partial charge in [-0.15, -0.1) is 0 Å². The fourth-order valence-electron chi connectivity index (χ4n) is 1.97. The van der Waals surface area contributed by atoms with Gasteiger partial charge in [0.15, 0.2) is 6.61 Å². The normalized spacial score (nSPS) is 11.2. The van der Waals surface area contributed by atoms with Crippen molar-refractivity contribution in [3.63, 3.8) is 0 Å². The summed E-state index contributed by atoms with van der Waals surface area (Å²) in [4.78, 5) is 27.6. The van der Waals surface area contributed by atoms with E-state index in [0.29, 0.717) is 11.4 Å². The summed E-state index contributed by atoms with van der Waals surface area (Å²) in [6, 6.07) is 16.5. The molecule has 0 saturated heterocycles. The van der Waals surface area contributed by atoms with Crippen molar-refractivity contribution in [3.8, 4) is 0 Å². The van der Waals surface area contributed by atoms with Crippen LogP contribution in [0.4, 0.5) is 5.69 Å². The lowest BCUT2D eigenvalue weighted by atomic mass is 10.1. The van der Waals surface area contributed by atoms with Gasteiger partial charge in [0, 0.05) is 12.6 Å². The lowest BCUT2D eigenvalue weighted by Crippen LogP contribution is -2.23. The summed E-state index contributed by atoms with van der Waals surface area (Å²) in [6.45, 7) is 2.98. The number of benzene rings is 2. The van der Waals surface area contributed by atoms with Crippen molar-refractivity contribution in [2.45, 2.75) is 13.8 Å². The van der Waals surface area contributed by atoms with Crippen LogP contribution < -0.4 is 10.7 Å². The third-order valence-electron chi connectivity index (χ3n) is 3.24. The third-order valence-corrected chi connectivity index (χ3v) is 3.24. The molecule has 0 unspecified atom stereocenters. The molecule has 0 aromatic heterocycles. The van der Waals surface area contributed by atoms with E-state index in [1.807, 2.05) is 30.3 Å². The molecule has 2 rings (SSSR count). The van der Waals surface area contributed by atoms with Gasteiger partial charge in [0.1, 0.15) is 0 Å². The first kappa shape index (κ1) is 18.9. The summed E-state index contributed by atoms with van der Waals surface area (Å²) >= 11 is 0. The van der Waals surface area contributed by atoms with Crippen LogP contribution in [0.1, 0.15) is 25.0 Å². The first-order chi connectivity index (χ1) is 12.5. The number of oxime groups is 1. The predicted molar refractivity (Wildman–Crippen MR) is 101 cm³/mol. The van der Waals surface area contributed by atoms with Crippen molar-refractivity contribution in [3.05, 3.63) is 65.7 Å². The van der Waals surface area contributed by atoms with Crippen LogP contribution in [0.15, 0.2) is 64.9 Å². The van der Waals surface area contributed by atoms with Crippen molar-refractivity contribution in [2.24, 2.45) is 10.3 Å². The molecule has 7 nitrogen and oxygen atoms in total. The van der Waals surface area contributed by atoms with Crippen molar-refractivity contribution in [1.29, 1.82) is 0 Å². The van der Waals surface area contributed by atoms with Crippen LogP contribution >= 0.6 is 0 Å². The molecule has 26 heavy (non-hydrogen) atoms. The Hall–Kier alpha value is -3.48. The van der Waals surface area contributed by atoms with Gasteiger partial charge in [-0.1, -0.05) is 47.6 Å². The predicted octanol–water partition coefficient (Wildman–Crippen LogP) is 2.54. The number of hydrogen-bond donors (Lipinski definition) is 2. The topological polar surface area (TPSA) is 92.2 Å². The molecule has 2 aromatic carbocycles. The average Bonchev–Trinajstić information content (AvgIpc) is 2.64. The number of carbonyl (C=O) groups excluding carboxylic acids is 2. The molecule has 0 fully saturated rings. The SMILES string of the molecule is CC(=O)Nc1ccc(C(C)=NNC(=O)CO/N=C\c2ccccc2)cc1. The lowest BCUT2D eigenvalue weighted by molar-refractivity contribution is -0.125. The Balaban J connectivity index is 1.79. The Kier molecular flexibility index (Phi) is 7.05. The van der Waals surface area contributed by atoms with E-state index in [2.05, 4.69) is 21.0 Å². The van der Waals surface area contributed by atoms with Gasteiger partial charge in [0.05, 0.1) is 11.9 Å². The van der Waals surface area contributed by atoms with E-state index in [1.54, 1.807) is 31.2 Å². The zero-order valence-electron chi connectivity index (χ0n) is 14.6. The van der Waals surface area contributed by atoms with Gasteiger partial charge in [-0.2, -0.15) is 5.10 Å². The Bertz CT molecular complexity index is 799. The number of carbonyl (C=O) groups is 2. The summed E-state index contributed by atoms with van der Waals surface area (Å²) in [5.74, 6) is -0.547. The number of hydrazone groups is 1. The molecule has 0 atom stereocenters. The largest absolute Gasteiger partial charge is 0.386 e. The number of amides is 2. The summed E-state index contributed by atoms with van der Waals surface area (Å²) in [7, 11) is 0. The highest BCUT2D eigenvalue weighted by Gasteiger charge is 2.02. The van der Waals surface area contributed by atoms with E-state index in [-0.39, 0.29) is 12.5 Å². The molecule has 0 aliphatic rings. The average molecular weight is 352 g/mol. The monoisotopic (exact) mass is 352 g/mol. The number of rotatable bonds is 7. The highest BCUT2D eigenvalue weighted by Crippen LogP contribution is 2.10. The molecule has 7 heteroatoms. The molecular formula is C19H20N4O3. The molecule has 2 N–H and O–H groups in total. The number of nitrogens with zero attached hydrogens (tertiary/aromatic N) is 2. The highest BCUT2D eigenvalue weighted by molar-refractivity contribution is 6.00. The maximum Gasteiger partial charge on any atom is 0.280 e. The van der Waals surface area contributed by atoms with Crippen molar-refractivity contribution in [1.82, 2.24) is 5.43 Å². The van der Waals surface area contributed by atoms with Crippen LogP contribution in [-0.4, -0.2) is 30.3 Å². The third kappa shape index (κ3) is 6.56. The van der Waals surface area contributed by atoms with Gasteiger partial charge >= 0.3 is 0 Å². The quantitative estimate of drug-likeness (QED) is 0.592. The van der Waals surface area contributed by atoms with E-state index < -0.39 is 5.91 Å². The van der Waals surface area contributed by atoms with Crippen molar-refractivity contribution >= 4 is 29.4 Å². The molecule has 0 spiro atoms. The fraction of sp³-hybridized carbons (Fsp3) is 0.158. The maximum atomic E-state index is 11.7. The molecule has 2 amide bonds. The minimum absolute atomic E-state index is 0.134. The second kappa shape index (κ2) is 9.73. The smallest absolute Gasteiger partial charge is 0.280 e. The van der Waals surface area contributed by atoms with Crippen LogP contribution in [-0.2, 0) is 14.4 Å². The Morgan fingerprint density at radius 3 is 2.38 bits per heavy atom. The summed E-state index contributed by atoms with van der Waals surface area (Å²) in [5.41, 5.74) is 5.43. The van der Waals surface area contributed by atoms with E-state index >= 15 is 0 Å². The highest BCUT2D eigenvalue weighted by atomic mass is 16.6. The molecule has 134 valence electrons. The second-order valence-corrected chi connectivity index (χ2v) is 5.41. The zero-order valence-corrected chi connectivity index (χ0v) is 14.6. The molecule has 2 aromatic rings. The van der Waals surface area contributed by atoms with E-state index in [1.165, 1.54) is 13.1 Å². The molecule has 0 aliphatic carbocycles. The lowest BCUT2D eigenvalue weighted by Gasteiger charge is -2.05. The number of hydrogen-bond acceptors (Lipinski definition) is 5. The summed E-state index contributed by atoms with van der Waals surface area (Å²) < 4.78 is 0. The second-order valence-electron chi connectivity index (χ2n) is 5.41. The molecule has 0 heterocycles. The van der Waals surface area contributed by atoms with Gasteiger partial charge < -0.3 is 10.2 Å². The van der Waals surface area contributed by atoms with Crippen LogP contribution in [0, 0.1) is 0 Å². The van der Waals surface area contributed by atoms with Gasteiger partial charge in [-0.25, -0.2) is 5.43 Å². The molecule has 0 bridgehead atoms. The van der Waals surface area contributed by atoms with Crippen molar-refractivity contribution in [2.75, 3.05) is 11.9 Å². The molecule has 0 radical (unpaired) electrons. The van der Waals surface area contributed by atoms with Crippen molar-refractivity contribution < 1.29 is 14.4 Å². The van der Waals surface area contributed by atoms with E-state index in [4.69, 9.17) is 4.84 Å². The molecular weight excluding hydrogens is 332 g/mol. The first-order valence-corrected chi connectivity index (χ1v) is 7.96. The maximum absolute atomic E-state index is 11.7. The Morgan fingerprint density at radius 2 is 1.73 bits per heavy atom. The van der Waals surface area contributed by atoms with E-state index in [0.717, 1.165) is 11.1 Å². The van der Waals surface area contributed by atoms with Crippen LogP contribution in [0.25, 0.3) is 0 Å². The zero-order chi connectivity index (χ0) is 18.8. The molecule has 0 aliphatic heterocycles. The summed E-state index contributed by atoms with van der Waals surface area (Å²) in [6.07, 6.45) is 1.53. The standard InChI is InChI=1S/C19H20N4O3/c1-14(17-8-10-18(11-9-17)21-15(2)24)22-23-19(25)13-26-20-12-16-6-4-3-5-7-16/h3-12H,13H2,1-2H3,(H,21,24)(H,23,25)/b20-12-,22-14?. The van der Waals surface area contributed by atoms with Gasteiger partial charge in [-0.3, -0.25) is 9.59 Å². The van der Waals surface area contributed by atoms with Crippen LogP contribution in [0.2, 0.25) is 0 Å². The minimum atomic E-state index is -0.413. The van der Waals surface area contributed by atoms with Gasteiger partial charge in [0.2, 0.25) is 5.91 Å². The van der Waals surface area contributed by atoms with Gasteiger partial charge in [0.25, 0.3) is 5.91 Å². The van der Waals surface area contributed by atoms with Crippen LogP contribution in [0.3, 0.4) is 0 Å². The summed E-state index contributed by atoms with van der Waals surface area (Å²) in [5, 5.41) is 10.4. The van der Waals surface area contributed by atoms with Gasteiger partial charge in [-0.05, 0) is 30.2 Å². The van der Waals surface area contributed by atoms with E-state index in [9.17, 15) is 9.59 Å². The minimum Gasteiger partial charge on any atom is -0.386 e. The first-order valence-electron chi connectivity index (χ1n) is 7.96. The van der Waals surface area contributed by atoms with Crippen LogP contribution in [0.5, 0.6) is 0 Å². The fourth-order valence-corrected chi connectivity index (χ4v) is 1.97. The Morgan fingerprint density at radius 1 is 1.04 bits per heavy atom. The Labute approximate surface area is 151 Å². The number of nitrogens with one attached hydrogen (secondary N) is 2. The number of anilines is 1. The molecule has 0 saturated carbocycles.